The zero-order chi connectivity index (χ0) is 31.9. The highest BCUT2D eigenvalue weighted by Crippen LogP contribution is 2.49. The molecule has 0 aliphatic rings. The molecule has 0 aliphatic carbocycles. The maximum absolute atomic E-state index is 2.42. The molecule has 48 heavy (non-hydrogen) atoms. The zero-order valence-electron chi connectivity index (χ0n) is 26.5. The lowest BCUT2D eigenvalue weighted by atomic mass is 9.81. The topological polar surface area (TPSA) is 0 Å². The molecule has 0 nitrogen and oxygen atoms in total. The molecular formula is C48H32. The van der Waals surface area contributed by atoms with Crippen molar-refractivity contribution in [3.8, 4) is 55.6 Å². The molecule has 0 radical (unpaired) electrons. The first-order chi connectivity index (χ1) is 23.8. The van der Waals surface area contributed by atoms with Gasteiger partial charge in [0, 0.05) is 0 Å². The normalized spacial score (nSPS) is 11.3. The first-order valence-corrected chi connectivity index (χ1v) is 16.6. The molecule has 0 bridgehead atoms. The van der Waals surface area contributed by atoms with Crippen molar-refractivity contribution in [1.29, 1.82) is 0 Å². The Morgan fingerprint density at radius 3 is 1.27 bits per heavy atom. The van der Waals surface area contributed by atoms with Crippen molar-refractivity contribution < 1.29 is 0 Å². The summed E-state index contributed by atoms with van der Waals surface area (Å²) in [6.07, 6.45) is 0. The Morgan fingerprint density at radius 1 is 0.208 bits per heavy atom. The number of rotatable bonds is 5. The number of benzene rings is 9. The highest BCUT2D eigenvalue weighted by molar-refractivity contribution is 6.24. The molecule has 0 N–H and O–H groups in total. The highest BCUT2D eigenvalue weighted by atomic mass is 14.2. The average molecular weight is 609 g/mol. The van der Waals surface area contributed by atoms with Crippen LogP contribution in [0, 0.1) is 0 Å². The Bertz CT molecular complexity index is 2580. The Kier molecular flexibility index (Phi) is 6.91. The Morgan fingerprint density at radius 2 is 0.646 bits per heavy atom. The van der Waals surface area contributed by atoms with Gasteiger partial charge in [0.15, 0.2) is 0 Å². The van der Waals surface area contributed by atoms with E-state index in [9.17, 15) is 0 Å². The fraction of sp³-hybridized carbons (Fsp3) is 0. The highest BCUT2D eigenvalue weighted by Gasteiger charge is 2.21. The Hall–Kier alpha value is -6.24. The van der Waals surface area contributed by atoms with Gasteiger partial charge >= 0.3 is 0 Å². The van der Waals surface area contributed by atoms with E-state index in [-0.39, 0.29) is 0 Å². The van der Waals surface area contributed by atoms with E-state index in [1.165, 1.54) is 88.0 Å². The Balaban J connectivity index is 1.46. The van der Waals surface area contributed by atoms with Crippen LogP contribution in [0.2, 0.25) is 0 Å². The molecule has 9 rings (SSSR count). The quantitative estimate of drug-likeness (QED) is 0.171. The predicted octanol–water partition coefficient (Wildman–Crippen LogP) is 13.5. The van der Waals surface area contributed by atoms with Gasteiger partial charge in [-0.25, -0.2) is 0 Å². The third-order valence-electron chi connectivity index (χ3n) is 9.65. The van der Waals surface area contributed by atoms with Crippen LogP contribution in [-0.4, -0.2) is 0 Å². The van der Waals surface area contributed by atoms with Crippen molar-refractivity contribution in [3.63, 3.8) is 0 Å². The smallest absolute Gasteiger partial charge is 0.00197 e. The van der Waals surface area contributed by atoms with Gasteiger partial charge in [-0.05, 0) is 106 Å². The largest absolute Gasteiger partial charge is 0.0622 e. The molecule has 0 saturated carbocycles. The van der Waals surface area contributed by atoms with E-state index in [0.29, 0.717) is 0 Å². The van der Waals surface area contributed by atoms with Gasteiger partial charge in [0.25, 0.3) is 0 Å². The summed E-state index contributed by atoms with van der Waals surface area (Å²) >= 11 is 0. The van der Waals surface area contributed by atoms with Crippen LogP contribution in [0.4, 0.5) is 0 Å². The van der Waals surface area contributed by atoms with Crippen LogP contribution < -0.4 is 0 Å². The van der Waals surface area contributed by atoms with E-state index in [1.54, 1.807) is 0 Å². The van der Waals surface area contributed by atoms with Crippen molar-refractivity contribution in [2.24, 2.45) is 0 Å². The molecule has 0 amide bonds. The first-order valence-electron chi connectivity index (χ1n) is 16.6. The molecule has 0 spiro atoms. The predicted molar refractivity (Wildman–Crippen MR) is 206 cm³/mol. The molecule has 0 heterocycles. The van der Waals surface area contributed by atoms with Crippen LogP contribution in [0.15, 0.2) is 194 Å². The van der Waals surface area contributed by atoms with Crippen molar-refractivity contribution in [1.82, 2.24) is 0 Å². The number of hydrogen-bond donors (Lipinski definition) is 0. The van der Waals surface area contributed by atoms with Crippen LogP contribution >= 0.6 is 0 Å². The third-order valence-corrected chi connectivity index (χ3v) is 9.65. The lowest BCUT2D eigenvalue weighted by Crippen LogP contribution is -1.95. The summed E-state index contributed by atoms with van der Waals surface area (Å²) in [5.41, 5.74) is 12.4. The van der Waals surface area contributed by atoms with E-state index in [0.717, 1.165) is 0 Å². The lowest BCUT2D eigenvalue weighted by molar-refractivity contribution is 1.60. The molecule has 0 fully saturated rings. The molecule has 0 aromatic heterocycles. The van der Waals surface area contributed by atoms with E-state index >= 15 is 0 Å². The molecule has 9 aromatic rings. The molecule has 0 aliphatic heterocycles. The van der Waals surface area contributed by atoms with E-state index < -0.39 is 0 Å². The molecule has 224 valence electrons. The molecule has 0 atom stereocenters. The maximum Gasteiger partial charge on any atom is -0.00197 e. The standard InChI is InChI=1S/C48H32/c1-4-16-33(17-5-1)38-28-29-43-45(32-38)48(46-31-37-23-11-10-22-36(37)30-44(46)35-20-8-3-9-21-35)42-27-15-14-26-41(42)47(43)40-25-13-12-24-39(40)34-18-6-2-7-19-34/h1-32H. The third kappa shape index (κ3) is 4.78. The van der Waals surface area contributed by atoms with Gasteiger partial charge in [-0.15, -0.1) is 0 Å². The summed E-state index contributed by atoms with van der Waals surface area (Å²) in [6.45, 7) is 0. The summed E-state index contributed by atoms with van der Waals surface area (Å²) in [6, 6.07) is 70.8. The monoisotopic (exact) mass is 608 g/mol. The van der Waals surface area contributed by atoms with Crippen molar-refractivity contribution in [2.75, 3.05) is 0 Å². The van der Waals surface area contributed by atoms with Gasteiger partial charge in [-0.1, -0.05) is 176 Å². The maximum atomic E-state index is 2.42. The van der Waals surface area contributed by atoms with Crippen LogP contribution in [0.5, 0.6) is 0 Å². The van der Waals surface area contributed by atoms with Crippen LogP contribution in [0.3, 0.4) is 0 Å². The molecule has 0 heteroatoms. The van der Waals surface area contributed by atoms with E-state index in [2.05, 4.69) is 194 Å². The van der Waals surface area contributed by atoms with Gasteiger partial charge in [0.05, 0.1) is 0 Å². The minimum Gasteiger partial charge on any atom is -0.0622 e. The summed E-state index contributed by atoms with van der Waals surface area (Å²) < 4.78 is 0. The van der Waals surface area contributed by atoms with Crippen molar-refractivity contribution >= 4 is 32.3 Å². The molecule has 9 aromatic carbocycles. The second kappa shape index (κ2) is 11.8. The van der Waals surface area contributed by atoms with Gasteiger partial charge < -0.3 is 0 Å². The second-order valence-electron chi connectivity index (χ2n) is 12.4. The average Bonchev–Trinajstić information content (AvgIpc) is 3.17. The van der Waals surface area contributed by atoms with E-state index in [1.807, 2.05) is 0 Å². The SMILES string of the molecule is c1ccc(-c2ccc3c(-c4ccccc4-c4ccccc4)c4ccccc4c(-c4cc5ccccc5cc4-c4ccccc4)c3c2)cc1. The lowest BCUT2D eigenvalue weighted by Gasteiger charge is -2.22. The summed E-state index contributed by atoms with van der Waals surface area (Å²) in [4.78, 5) is 0. The van der Waals surface area contributed by atoms with Gasteiger partial charge in [-0.3, -0.25) is 0 Å². The molecule has 0 unspecified atom stereocenters. The van der Waals surface area contributed by atoms with Crippen LogP contribution in [-0.2, 0) is 0 Å². The van der Waals surface area contributed by atoms with Crippen LogP contribution in [0.1, 0.15) is 0 Å². The first kappa shape index (κ1) is 28.0. The summed E-state index contributed by atoms with van der Waals surface area (Å²) in [5, 5.41) is 7.48. The molecular weight excluding hydrogens is 577 g/mol. The summed E-state index contributed by atoms with van der Waals surface area (Å²) in [7, 11) is 0. The minimum atomic E-state index is 1.21. The van der Waals surface area contributed by atoms with Crippen molar-refractivity contribution in [2.45, 2.75) is 0 Å². The van der Waals surface area contributed by atoms with Gasteiger partial charge in [-0.2, -0.15) is 0 Å². The fourth-order valence-corrected chi connectivity index (χ4v) is 7.44. The van der Waals surface area contributed by atoms with E-state index in [4.69, 9.17) is 0 Å². The second-order valence-corrected chi connectivity index (χ2v) is 12.4. The summed E-state index contributed by atoms with van der Waals surface area (Å²) in [5.74, 6) is 0. The zero-order valence-corrected chi connectivity index (χ0v) is 26.5. The minimum absolute atomic E-state index is 1.21. The molecule has 0 saturated heterocycles. The van der Waals surface area contributed by atoms with Gasteiger partial charge in [0.1, 0.15) is 0 Å². The van der Waals surface area contributed by atoms with Crippen molar-refractivity contribution in [3.05, 3.63) is 194 Å². The number of hydrogen-bond acceptors (Lipinski definition) is 0. The Labute approximate surface area is 281 Å². The number of fused-ring (bicyclic) bond motifs is 3. The van der Waals surface area contributed by atoms with Gasteiger partial charge in [0.2, 0.25) is 0 Å². The van der Waals surface area contributed by atoms with Crippen LogP contribution in [0.25, 0.3) is 88.0 Å². The fourth-order valence-electron chi connectivity index (χ4n) is 7.44.